The van der Waals surface area contributed by atoms with E-state index in [1.165, 1.54) is 12.1 Å². The molecule has 2 rings (SSSR count). The van der Waals surface area contributed by atoms with Gasteiger partial charge in [0.15, 0.2) is 5.11 Å². The van der Waals surface area contributed by atoms with Gasteiger partial charge < -0.3 is 10.6 Å². The van der Waals surface area contributed by atoms with Crippen LogP contribution in [0.5, 0.6) is 0 Å². The summed E-state index contributed by atoms with van der Waals surface area (Å²) in [6.45, 7) is 2.74. The first-order valence-electron chi connectivity index (χ1n) is 6.86. The van der Waals surface area contributed by atoms with Crippen LogP contribution in [0.3, 0.4) is 0 Å². The third-order valence-corrected chi connectivity index (χ3v) is 3.33. The number of benzene rings is 1. The van der Waals surface area contributed by atoms with Crippen LogP contribution in [0.1, 0.15) is 17.5 Å². The monoisotopic (exact) mass is 303 g/mol. The zero-order valence-electron chi connectivity index (χ0n) is 11.9. The quantitative estimate of drug-likeness (QED) is 0.655. The van der Waals surface area contributed by atoms with Crippen LogP contribution in [0.25, 0.3) is 0 Å². The van der Waals surface area contributed by atoms with E-state index in [1.807, 2.05) is 31.2 Å². The van der Waals surface area contributed by atoms with Crippen molar-refractivity contribution in [3.63, 3.8) is 0 Å². The van der Waals surface area contributed by atoms with E-state index in [2.05, 4.69) is 15.6 Å². The molecule has 3 nitrogen and oxygen atoms in total. The molecule has 0 saturated carbocycles. The third kappa shape index (κ3) is 5.11. The summed E-state index contributed by atoms with van der Waals surface area (Å²) in [6.07, 6.45) is 3.54. The first kappa shape index (κ1) is 15.4. The SMILES string of the molecule is Cc1cccnc1NC(=S)NCCCc1ccc(F)cc1. The van der Waals surface area contributed by atoms with Crippen molar-refractivity contribution >= 4 is 23.1 Å². The summed E-state index contributed by atoms with van der Waals surface area (Å²) in [5.74, 6) is 0.571. The van der Waals surface area contributed by atoms with Crippen molar-refractivity contribution in [1.29, 1.82) is 0 Å². The predicted octanol–water partition coefficient (Wildman–Crippen LogP) is 3.45. The van der Waals surface area contributed by atoms with Gasteiger partial charge in [-0.15, -0.1) is 0 Å². The van der Waals surface area contributed by atoms with E-state index < -0.39 is 0 Å². The average Bonchev–Trinajstić information content (AvgIpc) is 2.48. The van der Waals surface area contributed by atoms with Crippen LogP contribution in [-0.4, -0.2) is 16.6 Å². The molecule has 0 spiro atoms. The van der Waals surface area contributed by atoms with Crippen LogP contribution in [0.15, 0.2) is 42.6 Å². The first-order valence-corrected chi connectivity index (χ1v) is 7.27. The number of pyridine rings is 1. The fourth-order valence-corrected chi connectivity index (χ4v) is 2.11. The summed E-state index contributed by atoms with van der Waals surface area (Å²) in [5, 5.41) is 6.79. The Hall–Kier alpha value is -2.01. The molecular weight excluding hydrogens is 285 g/mol. The molecular formula is C16H18FN3S. The van der Waals surface area contributed by atoms with Crippen molar-refractivity contribution in [2.75, 3.05) is 11.9 Å². The van der Waals surface area contributed by atoms with Crippen molar-refractivity contribution in [3.05, 3.63) is 59.5 Å². The van der Waals surface area contributed by atoms with Crippen molar-refractivity contribution < 1.29 is 4.39 Å². The lowest BCUT2D eigenvalue weighted by atomic mass is 10.1. The predicted molar refractivity (Wildman–Crippen MR) is 87.9 cm³/mol. The smallest absolute Gasteiger partial charge is 0.171 e. The van der Waals surface area contributed by atoms with Gasteiger partial charge in [-0.1, -0.05) is 18.2 Å². The Morgan fingerprint density at radius 3 is 2.71 bits per heavy atom. The molecule has 0 amide bonds. The van der Waals surface area contributed by atoms with E-state index in [9.17, 15) is 4.39 Å². The highest BCUT2D eigenvalue weighted by Gasteiger charge is 2.01. The molecule has 5 heteroatoms. The highest BCUT2D eigenvalue weighted by Crippen LogP contribution is 2.09. The second-order valence-corrected chi connectivity index (χ2v) is 5.19. The number of rotatable bonds is 5. The van der Waals surface area contributed by atoms with Crippen LogP contribution >= 0.6 is 12.2 Å². The van der Waals surface area contributed by atoms with Gasteiger partial charge in [0, 0.05) is 12.7 Å². The summed E-state index contributed by atoms with van der Waals surface area (Å²) in [5.41, 5.74) is 2.17. The van der Waals surface area contributed by atoms with Gasteiger partial charge in [-0.25, -0.2) is 9.37 Å². The molecule has 0 atom stereocenters. The standard InChI is InChI=1S/C16H18FN3S/c1-12-4-2-10-18-15(12)20-16(21)19-11-3-5-13-6-8-14(17)9-7-13/h2,4,6-10H,3,5,11H2,1H3,(H2,18,19,20,21). The first-order chi connectivity index (χ1) is 10.1. The average molecular weight is 303 g/mol. The number of thiocarbonyl (C=S) groups is 1. The van der Waals surface area contributed by atoms with Gasteiger partial charge in [0.1, 0.15) is 11.6 Å². The maximum Gasteiger partial charge on any atom is 0.171 e. The largest absolute Gasteiger partial charge is 0.362 e. The minimum atomic E-state index is -0.201. The summed E-state index contributed by atoms with van der Waals surface area (Å²) in [4.78, 5) is 4.23. The molecule has 0 unspecified atom stereocenters. The summed E-state index contributed by atoms with van der Waals surface area (Å²) < 4.78 is 12.8. The molecule has 1 heterocycles. The number of nitrogens with one attached hydrogen (secondary N) is 2. The highest BCUT2D eigenvalue weighted by atomic mass is 32.1. The third-order valence-electron chi connectivity index (χ3n) is 3.08. The van der Waals surface area contributed by atoms with E-state index in [1.54, 1.807) is 6.20 Å². The summed E-state index contributed by atoms with van der Waals surface area (Å²) in [6, 6.07) is 10.5. The van der Waals surface area contributed by atoms with E-state index in [4.69, 9.17) is 12.2 Å². The molecule has 2 N–H and O–H groups in total. The second-order valence-electron chi connectivity index (χ2n) is 4.78. The second kappa shape index (κ2) is 7.69. The van der Waals surface area contributed by atoms with Crippen LogP contribution < -0.4 is 10.6 Å². The Morgan fingerprint density at radius 1 is 1.24 bits per heavy atom. The summed E-state index contributed by atoms with van der Waals surface area (Å²) in [7, 11) is 0. The van der Waals surface area contributed by atoms with Gasteiger partial charge in [0.25, 0.3) is 0 Å². The number of hydrogen-bond donors (Lipinski definition) is 2. The van der Waals surface area contributed by atoms with Gasteiger partial charge in [-0.05, 0) is 61.3 Å². The Balaban J connectivity index is 1.70. The Labute approximate surface area is 129 Å². The number of halogens is 1. The van der Waals surface area contributed by atoms with Crippen molar-refractivity contribution in [2.45, 2.75) is 19.8 Å². The topological polar surface area (TPSA) is 37.0 Å². The van der Waals surface area contributed by atoms with Crippen LogP contribution in [0.2, 0.25) is 0 Å². The molecule has 0 saturated heterocycles. The molecule has 1 aromatic heterocycles. The lowest BCUT2D eigenvalue weighted by molar-refractivity contribution is 0.626. The minimum absolute atomic E-state index is 0.201. The molecule has 0 aliphatic heterocycles. The molecule has 0 bridgehead atoms. The zero-order chi connectivity index (χ0) is 15.1. The van der Waals surface area contributed by atoms with Crippen LogP contribution in [-0.2, 0) is 6.42 Å². The molecule has 0 aliphatic rings. The molecule has 0 fully saturated rings. The van der Waals surface area contributed by atoms with Gasteiger partial charge in [0.05, 0.1) is 0 Å². The Morgan fingerprint density at radius 2 is 2.00 bits per heavy atom. The highest BCUT2D eigenvalue weighted by molar-refractivity contribution is 7.80. The number of aryl methyl sites for hydroxylation is 2. The number of hydrogen-bond acceptors (Lipinski definition) is 2. The molecule has 110 valence electrons. The normalized spacial score (nSPS) is 10.2. The maximum atomic E-state index is 12.8. The van der Waals surface area contributed by atoms with Gasteiger partial charge in [-0.3, -0.25) is 0 Å². The molecule has 2 aromatic rings. The molecule has 0 aliphatic carbocycles. The lowest BCUT2D eigenvalue weighted by Gasteiger charge is -2.11. The van der Waals surface area contributed by atoms with Crippen LogP contribution in [0.4, 0.5) is 10.2 Å². The number of nitrogens with zero attached hydrogens (tertiary/aromatic N) is 1. The van der Waals surface area contributed by atoms with Gasteiger partial charge in [0.2, 0.25) is 0 Å². The molecule has 0 radical (unpaired) electrons. The fraction of sp³-hybridized carbons (Fsp3) is 0.250. The van der Waals surface area contributed by atoms with Gasteiger partial charge in [-0.2, -0.15) is 0 Å². The minimum Gasteiger partial charge on any atom is -0.362 e. The van der Waals surface area contributed by atoms with Crippen molar-refractivity contribution in [2.24, 2.45) is 0 Å². The van der Waals surface area contributed by atoms with Crippen molar-refractivity contribution in [3.8, 4) is 0 Å². The maximum absolute atomic E-state index is 12.8. The lowest BCUT2D eigenvalue weighted by Crippen LogP contribution is -2.30. The van der Waals surface area contributed by atoms with Gasteiger partial charge >= 0.3 is 0 Å². The van der Waals surface area contributed by atoms with E-state index in [0.717, 1.165) is 36.3 Å². The fourth-order valence-electron chi connectivity index (χ4n) is 1.91. The van der Waals surface area contributed by atoms with E-state index in [-0.39, 0.29) is 5.82 Å². The molecule has 21 heavy (non-hydrogen) atoms. The Kier molecular flexibility index (Phi) is 5.63. The number of anilines is 1. The van der Waals surface area contributed by atoms with Crippen molar-refractivity contribution in [1.82, 2.24) is 10.3 Å². The Bertz CT molecular complexity index is 599. The molecule has 1 aromatic carbocycles. The number of aromatic nitrogens is 1. The summed E-state index contributed by atoms with van der Waals surface area (Å²) >= 11 is 5.23. The van der Waals surface area contributed by atoms with E-state index >= 15 is 0 Å². The zero-order valence-corrected chi connectivity index (χ0v) is 12.7. The van der Waals surface area contributed by atoms with Crippen LogP contribution in [0, 0.1) is 12.7 Å². The van der Waals surface area contributed by atoms with E-state index in [0.29, 0.717) is 5.11 Å².